The summed E-state index contributed by atoms with van der Waals surface area (Å²) in [5.74, 6) is 0.838. The molecule has 0 aliphatic carbocycles. The molecule has 4 heteroatoms. The highest BCUT2D eigenvalue weighted by molar-refractivity contribution is 5.68. The van der Waals surface area contributed by atoms with Crippen LogP contribution >= 0.6 is 0 Å². The molecule has 0 amide bonds. The zero-order chi connectivity index (χ0) is 16.4. The number of benzene rings is 1. The van der Waals surface area contributed by atoms with Gasteiger partial charge in [0.25, 0.3) is 0 Å². The number of imidazole rings is 1. The minimum absolute atomic E-state index is 0.146. The molecular formula is C19H19N3O. The molecule has 0 radical (unpaired) electrons. The van der Waals surface area contributed by atoms with Crippen molar-refractivity contribution in [1.29, 1.82) is 5.26 Å². The van der Waals surface area contributed by atoms with Crippen LogP contribution in [0.4, 0.5) is 0 Å². The van der Waals surface area contributed by atoms with Crippen LogP contribution in [-0.4, -0.2) is 15.5 Å². The monoisotopic (exact) mass is 305 g/mol. The molecule has 0 saturated carbocycles. The fourth-order valence-corrected chi connectivity index (χ4v) is 2.69. The third-order valence-corrected chi connectivity index (χ3v) is 3.69. The van der Waals surface area contributed by atoms with Crippen LogP contribution in [0.2, 0.25) is 0 Å². The van der Waals surface area contributed by atoms with Gasteiger partial charge in [0.1, 0.15) is 11.4 Å². The largest absolute Gasteiger partial charge is 0.491 e. The number of fused-ring (bicyclic) bond motifs is 1. The summed E-state index contributed by atoms with van der Waals surface area (Å²) >= 11 is 0. The van der Waals surface area contributed by atoms with Gasteiger partial charge in [0.15, 0.2) is 0 Å². The van der Waals surface area contributed by atoms with E-state index in [2.05, 4.69) is 6.07 Å². The Labute approximate surface area is 136 Å². The molecule has 0 saturated heterocycles. The van der Waals surface area contributed by atoms with E-state index in [1.54, 1.807) is 0 Å². The lowest BCUT2D eigenvalue weighted by molar-refractivity contribution is 0.242. The minimum Gasteiger partial charge on any atom is -0.491 e. The molecule has 0 fully saturated rings. The average molecular weight is 305 g/mol. The van der Waals surface area contributed by atoms with Crippen LogP contribution < -0.4 is 4.74 Å². The molecule has 0 N–H and O–H groups in total. The normalized spacial score (nSPS) is 10.9. The van der Waals surface area contributed by atoms with Gasteiger partial charge in [0.2, 0.25) is 0 Å². The van der Waals surface area contributed by atoms with Gasteiger partial charge in [-0.3, -0.25) is 0 Å². The maximum atomic E-state index is 9.17. The lowest BCUT2D eigenvalue weighted by Gasteiger charge is -2.09. The van der Waals surface area contributed by atoms with E-state index in [0.29, 0.717) is 6.42 Å². The summed E-state index contributed by atoms with van der Waals surface area (Å²) in [6.07, 6.45) is 2.43. The topological polar surface area (TPSA) is 50.3 Å². The molecule has 0 atom stereocenters. The van der Waals surface area contributed by atoms with Crippen LogP contribution in [0.1, 0.15) is 25.1 Å². The van der Waals surface area contributed by atoms with E-state index in [4.69, 9.17) is 9.72 Å². The standard InChI is InChI=1S/C19H19N3O/c1-13(2)23-16-8-6-15(7-9-16)18-17(10-11-20)22-12-4-5-14(3)19(22)21-18/h4-9,12-13H,10H2,1-3H3. The van der Waals surface area contributed by atoms with Crippen molar-refractivity contribution in [2.45, 2.75) is 33.3 Å². The molecule has 2 aromatic heterocycles. The summed E-state index contributed by atoms with van der Waals surface area (Å²) in [7, 11) is 0. The number of aryl methyl sites for hydroxylation is 1. The summed E-state index contributed by atoms with van der Waals surface area (Å²) in [5, 5.41) is 9.17. The fourth-order valence-electron chi connectivity index (χ4n) is 2.69. The van der Waals surface area contributed by atoms with Crippen LogP contribution in [0.5, 0.6) is 5.75 Å². The van der Waals surface area contributed by atoms with Crippen LogP contribution in [0, 0.1) is 18.3 Å². The second kappa shape index (κ2) is 6.13. The molecule has 0 bridgehead atoms. The Morgan fingerprint density at radius 3 is 2.61 bits per heavy atom. The lowest BCUT2D eigenvalue weighted by atomic mass is 10.1. The summed E-state index contributed by atoms with van der Waals surface area (Å²) in [5.41, 5.74) is 4.77. The molecule has 4 nitrogen and oxygen atoms in total. The first-order chi connectivity index (χ1) is 11.1. The number of ether oxygens (including phenoxy) is 1. The Morgan fingerprint density at radius 1 is 1.22 bits per heavy atom. The van der Waals surface area contributed by atoms with Crippen molar-refractivity contribution < 1.29 is 4.74 Å². The summed E-state index contributed by atoms with van der Waals surface area (Å²) < 4.78 is 7.69. The van der Waals surface area contributed by atoms with Gasteiger partial charge < -0.3 is 9.14 Å². The third kappa shape index (κ3) is 2.91. The fraction of sp³-hybridized carbons (Fsp3) is 0.263. The van der Waals surface area contributed by atoms with Crippen LogP contribution in [0.15, 0.2) is 42.6 Å². The van der Waals surface area contributed by atoms with E-state index in [1.165, 1.54) is 0 Å². The Bertz CT molecular complexity index is 870. The molecule has 0 aliphatic heterocycles. The second-order valence-electron chi connectivity index (χ2n) is 5.82. The Kier molecular flexibility index (Phi) is 4.03. The number of nitriles is 1. The van der Waals surface area contributed by atoms with Crippen molar-refractivity contribution in [3.05, 3.63) is 53.9 Å². The van der Waals surface area contributed by atoms with Gasteiger partial charge >= 0.3 is 0 Å². The first kappa shape index (κ1) is 15.1. The molecule has 0 spiro atoms. The zero-order valence-electron chi connectivity index (χ0n) is 13.6. The molecule has 3 aromatic rings. The van der Waals surface area contributed by atoms with Crippen LogP contribution in [0.25, 0.3) is 16.9 Å². The van der Waals surface area contributed by atoms with E-state index in [0.717, 1.165) is 33.9 Å². The highest BCUT2D eigenvalue weighted by Crippen LogP contribution is 2.28. The summed E-state index contributed by atoms with van der Waals surface area (Å²) in [6, 6.07) is 14.1. The molecule has 1 aromatic carbocycles. The van der Waals surface area contributed by atoms with Crippen molar-refractivity contribution in [2.24, 2.45) is 0 Å². The average Bonchev–Trinajstić information content (AvgIpc) is 2.88. The lowest BCUT2D eigenvalue weighted by Crippen LogP contribution is -2.05. The molecular weight excluding hydrogens is 286 g/mol. The Hall–Kier alpha value is -2.80. The van der Waals surface area contributed by atoms with Crippen LogP contribution in [-0.2, 0) is 6.42 Å². The first-order valence-electron chi connectivity index (χ1n) is 7.70. The van der Waals surface area contributed by atoms with Gasteiger partial charge in [0.05, 0.1) is 30.0 Å². The second-order valence-corrected chi connectivity index (χ2v) is 5.82. The molecule has 3 rings (SSSR count). The first-order valence-corrected chi connectivity index (χ1v) is 7.70. The number of hydrogen-bond acceptors (Lipinski definition) is 3. The van der Waals surface area contributed by atoms with E-state index in [1.807, 2.05) is 67.8 Å². The van der Waals surface area contributed by atoms with Crippen LogP contribution in [0.3, 0.4) is 0 Å². The van der Waals surface area contributed by atoms with E-state index >= 15 is 0 Å². The predicted molar refractivity (Wildman–Crippen MR) is 90.4 cm³/mol. The highest BCUT2D eigenvalue weighted by atomic mass is 16.5. The van der Waals surface area contributed by atoms with Gasteiger partial charge in [-0.15, -0.1) is 0 Å². The van der Waals surface area contributed by atoms with Gasteiger partial charge in [-0.2, -0.15) is 5.26 Å². The molecule has 2 heterocycles. The third-order valence-electron chi connectivity index (χ3n) is 3.69. The Morgan fingerprint density at radius 2 is 1.96 bits per heavy atom. The quantitative estimate of drug-likeness (QED) is 0.727. The predicted octanol–water partition coefficient (Wildman–Crippen LogP) is 4.16. The Balaban J connectivity index is 2.10. The number of aromatic nitrogens is 2. The summed E-state index contributed by atoms with van der Waals surface area (Å²) in [4.78, 5) is 4.76. The van der Waals surface area contributed by atoms with Crippen molar-refractivity contribution in [3.8, 4) is 23.1 Å². The highest BCUT2D eigenvalue weighted by Gasteiger charge is 2.15. The molecule has 116 valence electrons. The SMILES string of the molecule is Cc1cccn2c(CC#N)c(-c3ccc(OC(C)C)cc3)nc12. The van der Waals surface area contributed by atoms with Gasteiger partial charge in [0, 0.05) is 11.8 Å². The van der Waals surface area contributed by atoms with Crippen molar-refractivity contribution >= 4 is 5.65 Å². The van der Waals surface area contributed by atoms with Gasteiger partial charge in [-0.25, -0.2) is 4.98 Å². The van der Waals surface area contributed by atoms with Gasteiger partial charge in [-0.1, -0.05) is 6.07 Å². The minimum atomic E-state index is 0.146. The maximum absolute atomic E-state index is 9.17. The number of rotatable bonds is 4. The molecule has 23 heavy (non-hydrogen) atoms. The zero-order valence-corrected chi connectivity index (χ0v) is 13.6. The van der Waals surface area contributed by atoms with Crippen molar-refractivity contribution in [2.75, 3.05) is 0 Å². The van der Waals surface area contributed by atoms with Crippen molar-refractivity contribution in [3.63, 3.8) is 0 Å². The summed E-state index contributed by atoms with van der Waals surface area (Å²) in [6.45, 7) is 6.04. The molecule has 0 unspecified atom stereocenters. The molecule has 0 aliphatic rings. The number of hydrogen-bond donors (Lipinski definition) is 0. The van der Waals surface area contributed by atoms with Crippen molar-refractivity contribution in [1.82, 2.24) is 9.38 Å². The smallest absolute Gasteiger partial charge is 0.140 e. The maximum Gasteiger partial charge on any atom is 0.140 e. The van der Waals surface area contributed by atoms with E-state index in [9.17, 15) is 5.26 Å². The number of nitrogens with zero attached hydrogens (tertiary/aromatic N) is 3. The van der Waals surface area contributed by atoms with Gasteiger partial charge in [-0.05, 0) is 56.7 Å². The number of pyridine rings is 1. The van der Waals surface area contributed by atoms with E-state index in [-0.39, 0.29) is 6.10 Å². The van der Waals surface area contributed by atoms with E-state index < -0.39 is 0 Å².